The number of oxazole rings is 1. The van der Waals surface area contributed by atoms with E-state index in [4.69, 9.17) is 4.42 Å². The molecule has 0 fully saturated rings. The molecule has 0 aliphatic rings. The lowest BCUT2D eigenvalue weighted by Gasteiger charge is -2.10. The summed E-state index contributed by atoms with van der Waals surface area (Å²) in [6.45, 7) is 5.46. The number of aromatic nitrogens is 3. The number of nitrogens with one attached hydrogen (secondary N) is 2. The van der Waals surface area contributed by atoms with Gasteiger partial charge in [0.25, 0.3) is 5.91 Å². The van der Waals surface area contributed by atoms with Gasteiger partial charge in [-0.3, -0.25) is 4.79 Å². The number of H-pyrrole nitrogens is 1. The average Bonchev–Trinajstić information content (AvgIpc) is 2.86. The van der Waals surface area contributed by atoms with Crippen LogP contribution in [0.2, 0.25) is 0 Å². The molecule has 90 valence electrons. The van der Waals surface area contributed by atoms with Gasteiger partial charge in [-0.05, 0) is 20.8 Å². The van der Waals surface area contributed by atoms with Crippen LogP contribution in [0.1, 0.15) is 40.7 Å². The summed E-state index contributed by atoms with van der Waals surface area (Å²) in [4.78, 5) is 22.9. The molecule has 0 spiro atoms. The minimum absolute atomic E-state index is 0.202. The molecule has 0 saturated carbocycles. The van der Waals surface area contributed by atoms with E-state index in [1.807, 2.05) is 13.8 Å². The normalized spacial score (nSPS) is 12.4. The molecular weight excluding hydrogens is 220 g/mol. The Labute approximate surface area is 98.5 Å². The van der Waals surface area contributed by atoms with Crippen molar-refractivity contribution in [3.63, 3.8) is 0 Å². The predicted octanol–water partition coefficient (Wildman–Crippen LogP) is 1.51. The Balaban J connectivity index is 2.07. The molecule has 0 bridgehead atoms. The SMILES string of the molecule is Cc1cnc([C@@H](C)NC(=O)c2ncoc2C)[nH]1. The van der Waals surface area contributed by atoms with Crippen molar-refractivity contribution < 1.29 is 9.21 Å². The molecule has 0 saturated heterocycles. The fraction of sp³-hybridized carbons (Fsp3) is 0.364. The second-order valence-corrected chi connectivity index (χ2v) is 3.90. The summed E-state index contributed by atoms with van der Waals surface area (Å²) in [6, 6.07) is -0.202. The van der Waals surface area contributed by atoms with E-state index in [0.29, 0.717) is 11.5 Å². The standard InChI is InChI=1S/C11H14N4O2/c1-6-4-12-10(14-6)7(2)15-11(16)9-8(3)17-5-13-9/h4-5,7H,1-3H3,(H,12,14)(H,15,16)/t7-/m1/s1. The first-order valence-electron chi connectivity index (χ1n) is 5.30. The summed E-state index contributed by atoms with van der Waals surface area (Å²) >= 11 is 0. The number of hydrogen-bond acceptors (Lipinski definition) is 4. The maximum absolute atomic E-state index is 11.8. The Kier molecular flexibility index (Phi) is 2.95. The number of carbonyl (C=O) groups is 1. The van der Waals surface area contributed by atoms with Crippen molar-refractivity contribution in [3.05, 3.63) is 35.6 Å². The number of rotatable bonds is 3. The Morgan fingerprint density at radius 1 is 1.47 bits per heavy atom. The van der Waals surface area contributed by atoms with E-state index in [9.17, 15) is 4.79 Å². The molecule has 0 aliphatic carbocycles. The molecule has 2 aromatic rings. The summed E-state index contributed by atoms with van der Waals surface area (Å²) in [5.74, 6) is 0.958. The zero-order valence-corrected chi connectivity index (χ0v) is 9.94. The summed E-state index contributed by atoms with van der Waals surface area (Å²) in [6.07, 6.45) is 2.98. The fourth-order valence-corrected chi connectivity index (χ4v) is 1.51. The first-order chi connectivity index (χ1) is 8.08. The predicted molar refractivity (Wildman–Crippen MR) is 60.4 cm³/mol. The molecule has 2 aromatic heterocycles. The number of amides is 1. The third-order valence-electron chi connectivity index (χ3n) is 2.44. The number of nitrogens with zero attached hydrogens (tertiary/aromatic N) is 2. The highest BCUT2D eigenvalue weighted by molar-refractivity contribution is 5.93. The Morgan fingerprint density at radius 3 is 2.76 bits per heavy atom. The van der Waals surface area contributed by atoms with Crippen LogP contribution in [0.5, 0.6) is 0 Å². The summed E-state index contributed by atoms with van der Waals surface area (Å²) in [5, 5.41) is 2.80. The lowest BCUT2D eigenvalue weighted by molar-refractivity contribution is 0.0932. The lowest BCUT2D eigenvalue weighted by Crippen LogP contribution is -2.28. The minimum atomic E-state index is -0.266. The number of aryl methyl sites for hydroxylation is 2. The Bertz CT molecular complexity index is 529. The molecule has 17 heavy (non-hydrogen) atoms. The third kappa shape index (κ3) is 2.35. The monoisotopic (exact) mass is 234 g/mol. The highest BCUT2D eigenvalue weighted by Crippen LogP contribution is 2.10. The molecular formula is C11H14N4O2. The van der Waals surface area contributed by atoms with Crippen LogP contribution < -0.4 is 5.32 Å². The van der Waals surface area contributed by atoms with Gasteiger partial charge in [0.1, 0.15) is 11.6 Å². The molecule has 0 aromatic carbocycles. The topological polar surface area (TPSA) is 83.8 Å². The number of hydrogen-bond donors (Lipinski definition) is 2. The highest BCUT2D eigenvalue weighted by Gasteiger charge is 2.17. The molecule has 1 atom stereocenters. The fourth-order valence-electron chi connectivity index (χ4n) is 1.51. The van der Waals surface area contributed by atoms with Gasteiger partial charge in [-0.1, -0.05) is 0 Å². The van der Waals surface area contributed by atoms with Crippen LogP contribution in [0, 0.1) is 13.8 Å². The molecule has 0 aliphatic heterocycles. The van der Waals surface area contributed by atoms with Crippen LogP contribution in [-0.4, -0.2) is 20.9 Å². The van der Waals surface area contributed by atoms with Gasteiger partial charge in [-0.2, -0.15) is 0 Å². The van der Waals surface area contributed by atoms with Gasteiger partial charge in [0.2, 0.25) is 0 Å². The Hall–Kier alpha value is -2.11. The van der Waals surface area contributed by atoms with Crippen molar-refractivity contribution >= 4 is 5.91 Å². The van der Waals surface area contributed by atoms with Gasteiger partial charge < -0.3 is 14.7 Å². The van der Waals surface area contributed by atoms with Crippen molar-refractivity contribution in [1.82, 2.24) is 20.3 Å². The van der Waals surface area contributed by atoms with Crippen molar-refractivity contribution in [3.8, 4) is 0 Å². The van der Waals surface area contributed by atoms with Crippen LogP contribution >= 0.6 is 0 Å². The van der Waals surface area contributed by atoms with E-state index in [1.54, 1.807) is 13.1 Å². The molecule has 6 nitrogen and oxygen atoms in total. The van der Waals surface area contributed by atoms with Crippen molar-refractivity contribution in [2.24, 2.45) is 0 Å². The second-order valence-electron chi connectivity index (χ2n) is 3.90. The van der Waals surface area contributed by atoms with Gasteiger partial charge in [0.15, 0.2) is 12.1 Å². The summed E-state index contributed by atoms with van der Waals surface area (Å²) in [5.41, 5.74) is 1.26. The van der Waals surface area contributed by atoms with Crippen LogP contribution in [0.3, 0.4) is 0 Å². The molecule has 2 N–H and O–H groups in total. The smallest absolute Gasteiger partial charge is 0.274 e. The van der Waals surface area contributed by atoms with Crippen molar-refractivity contribution in [1.29, 1.82) is 0 Å². The minimum Gasteiger partial charge on any atom is -0.448 e. The zero-order valence-electron chi connectivity index (χ0n) is 9.94. The van der Waals surface area contributed by atoms with Gasteiger partial charge in [-0.15, -0.1) is 0 Å². The maximum Gasteiger partial charge on any atom is 0.274 e. The van der Waals surface area contributed by atoms with Crippen molar-refractivity contribution in [2.75, 3.05) is 0 Å². The second kappa shape index (κ2) is 4.40. The molecule has 0 unspecified atom stereocenters. The number of carbonyl (C=O) groups excluding carboxylic acids is 1. The van der Waals surface area contributed by atoms with Crippen LogP contribution in [0.25, 0.3) is 0 Å². The van der Waals surface area contributed by atoms with E-state index in [1.165, 1.54) is 6.39 Å². The van der Waals surface area contributed by atoms with E-state index < -0.39 is 0 Å². The first kappa shape index (κ1) is 11.4. The van der Waals surface area contributed by atoms with Gasteiger partial charge in [-0.25, -0.2) is 9.97 Å². The average molecular weight is 234 g/mol. The van der Waals surface area contributed by atoms with E-state index >= 15 is 0 Å². The van der Waals surface area contributed by atoms with E-state index in [-0.39, 0.29) is 11.9 Å². The van der Waals surface area contributed by atoms with Crippen LogP contribution in [0.4, 0.5) is 0 Å². The molecule has 1 amide bonds. The highest BCUT2D eigenvalue weighted by atomic mass is 16.3. The zero-order chi connectivity index (χ0) is 12.4. The molecule has 2 heterocycles. The largest absolute Gasteiger partial charge is 0.448 e. The van der Waals surface area contributed by atoms with E-state index in [2.05, 4.69) is 20.3 Å². The quantitative estimate of drug-likeness (QED) is 0.843. The van der Waals surface area contributed by atoms with Gasteiger partial charge in [0, 0.05) is 11.9 Å². The van der Waals surface area contributed by atoms with Crippen molar-refractivity contribution in [2.45, 2.75) is 26.8 Å². The number of imidazole rings is 1. The molecule has 2 rings (SSSR count). The number of aromatic amines is 1. The van der Waals surface area contributed by atoms with Crippen LogP contribution in [-0.2, 0) is 0 Å². The summed E-state index contributed by atoms with van der Waals surface area (Å²) in [7, 11) is 0. The third-order valence-corrected chi connectivity index (χ3v) is 2.44. The lowest BCUT2D eigenvalue weighted by atomic mass is 10.3. The molecule has 0 radical (unpaired) electrons. The van der Waals surface area contributed by atoms with Gasteiger partial charge in [0.05, 0.1) is 6.04 Å². The first-order valence-corrected chi connectivity index (χ1v) is 5.30. The van der Waals surface area contributed by atoms with Gasteiger partial charge >= 0.3 is 0 Å². The molecule has 6 heteroatoms. The summed E-state index contributed by atoms with van der Waals surface area (Å²) < 4.78 is 4.98. The van der Waals surface area contributed by atoms with E-state index in [0.717, 1.165) is 11.5 Å². The Morgan fingerprint density at radius 2 is 2.24 bits per heavy atom. The maximum atomic E-state index is 11.8. The van der Waals surface area contributed by atoms with Crippen LogP contribution in [0.15, 0.2) is 17.0 Å².